The summed E-state index contributed by atoms with van der Waals surface area (Å²) in [4.78, 5) is 2.95. The fraction of sp³-hybridized carbons (Fsp3) is 0. The number of hydrogen-bond acceptors (Lipinski definition) is 4. The van der Waals surface area contributed by atoms with Gasteiger partial charge in [-0.3, -0.25) is 0 Å². The summed E-state index contributed by atoms with van der Waals surface area (Å²) in [6.45, 7) is 0. The summed E-state index contributed by atoms with van der Waals surface area (Å²) in [5, 5.41) is 0. The van der Waals surface area contributed by atoms with Crippen molar-refractivity contribution in [3.05, 3.63) is 144 Å². The molecular formula is C28H20NiS4-2. The quantitative estimate of drug-likeness (QED) is 0.152. The molecule has 4 rings (SSSR count). The molecule has 0 aromatic heterocycles. The van der Waals surface area contributed by atoms with Crippen LogP contribution in [0.5, 0.6) is 0 Å². The Morgan fingerprint density at radius 2 is 0.455 bits per heavy atom. The van der Waals surface area contributed by atoms with Crippen molar-refractivity contribution in [1.82, 2.24) is 0 Å². The van der Waals surface area contributed by atoms with Crippen molar-refractivity contribution < 1.29 is 16.5 Å². The van der Waals surface area contributed by atoms with E-state index in [2.05, 4.69) is 0 Å². The Morgan fingerprint density at radius 3 is 0.606 bits per heavy atom. The SMILES string of the molecule is [Ni+2].[S-]/C(=C(\[S-])c1ccccc1)c1ccccc1.[S-]/C(=C(\[S-])c1ccccc1)c1ccccc1. The van der Waals surface area contributed by atoms with Crippen molar-refractivity contribution >= 4 is 70.1 Å². The molecule has 0 radical (unpaired) electrons. The Kier molecular flexibility index (Phi) is 11.5. The van der Waals surface area contributed by atoms with Gasteiger partial charge in [0.05, 0.1) is 0 Å². The summed E-state index contributed by atoms with van der Waals surface area (Å²) in [5.41, 5.74) is 4.02. The molecule has 0 atom stereocenters. The van der Waals surface area contributed by atoms with Crippen molar-refractivity contribution in [3.8, 4) is 0 Å². The number of benzene rings is 4. The average Bonchev–Trinajstić information content (AvgIpc) is 2.89. The third kappa shape index (κ3) is 7.92. The maximum Gasteiger partial charge on any atom is 2.00 e. The first-order valence-electron chi connectivity index (χ1n) is 9.96. The van der Waals surface area contributed by atoms with Gasteiger partial charge in [0, 0.05) is 0 Å². The van der Waals surface area contributed by atoms with Crippen molar-refractivity contribution in [3.63, 3.8) is 0 Å². The second-order valence-electron chi connectivity index (χ2n) is 6.78. The van der Waals surface area contributed by atoms with E-state index in [-0.39, 0.29) is 16.5 Å². The summed E-state index contributed by atoms with van der Waals surface area (Å²) in [7, 11) is 0. The fourth-order valence-corrected chi connectivity index (χ4v) is 3.90. The van der Waals surface area contributed by atoms with Gasteiger partial charge in [0.1, 0.15) is 0 Å². The van der Waals surface area contributed by atoms with E-state index in [4.69, 9.17) is 50.5 Å². The molecule has 0 unspecified atom stereocenters. The first-order valence-corrected chi connectivity index (χ1v) is 11.6. The summed E-state index contributed by atoms with van der Waals surface area (Å²) >= 11 is 21.5. The average molecular weight is 543 g/mol. The molecule has 168 valence electrons. The Hall–Kier alpha value is -2.27. The van der Waals surface area contributed by atoms with E-state index in [0.717, 1.165) is 41.9 Å². The van der Waals surface area contributed by atoms with Crippen LogP contribution in [0.15, 0.2) is 121 Å². The second kappa shape index (κ2) is 14.1. The monoisotopic (exact) mass is 542 g/mol. The van der Waals surface area contributed by atoms with E-state index in [0.29, 0.717) is 0 Å². The molecule has 0 heterocycles. The molecule has 4 aromatic carbocycles. The first kappa shape index (κ1) is 27.0. The molecule has 0 saturated carbocycles. The molecule has 0 aliphatic heterocycles. The Labute approximate surface area is 228 Å². The molecule has 33 heavy (non-hydrogen) atoms. The zero-order chi connectivity index (χ0) is 22.8. The number of rotatable bonds is 4. The van der Waals surface area contributed by atoms with Gasteiger partial charge in [-0.1, -0.05) is 121 Å². The molecule has 0 amide bonds. The summed E-state index contributed by atoms with van der Waals surface area (Å²) in [6, 6.07) is 39.5. The van der Waals surface area contributed by atoms with Crippen LogP contribution in [0.25, 0.3) is 19.6 Å². The van der Waals surface area contributed by atoms with Gasteiger partial charge in [-0.2, -0.15) is 19.6 Å². The molecule has 0 bridgehead atoms. The van der Waals surface area contributed by atoms with Crippen molar-refractivity contribution in [1.29, 1.82) is 0 Å². The molecule has 0 nitrogen and oxygen atoms in total. The van der Waals surface area contributed by atoms with Gasteiger partial charge >= 0.3 is 16.5 Å². The van der Waals surface area contributed by atoms with Gasteiger partial charge in [0.15, 0.2) is 0 Å². The van der Waals surface area contributed by atoms with Crippen molar-refractivity contribution in [2.45, 2.75) is 0 Å². The fourth-order valence-electron chi connectivity index (χ4n) is 2.88. The van der Waals surface area contributed by atoms with E-state index in [1.54, 1.807) is 0 Å². The number of hydrogen-bond donors (Lipinski definition) is 0. The van der Waals surface area contributed by atoms with Gasteiger partial charge in [0.2, 0.25) is 0 Å². The minimum Gasteiger partial charge on any atom is -0.781 e. The molecule has 0 saturated heterocycles. The second-order valence-corrected chi connectivity index (χ2v) is 8.41. The van der Waals surface area contributed by atoms with E-state index < -0.39 is 0 Å². The first-order chi connectivity index (χ1) is 15.6. The third-order valence-corrected chi connectivity index (χ3v) is 6.57. The van der Waals surface area contributed by atoms with Gasteiger partial charge in [-0.05, 0) is 22.3 Å². The van der Waals surface area contributed by atoms with E-state index in [1.165, 1.54) is 0 Å². The zero-order valence-corrected chi connectivity index (χ0v) is 21.7. The Balaban J connectivity index is 0.000000227. The Morgan fingerprint density at radius 1 is 0.303 bits per heavy atom. The maximum atomic E-state index is 5.38. The topological polar surface area (TPSA) is 0 Å². The van der Waals surface area contributed by atoms with Crippen LogP contribution in [-0.4, -0.2) is 0 Å². The van der Waals surface area contributed by atoms with E-state index >= 15 is 0 Å². The van der Waals surface area contributed by atoms with Crippen molar-refractivity contribution in [2.75, 3.05) is 0 Å². The maximum absolute atomic E-state index is 5.38. The standard InChI is InChI=1S/2C14H12S2.Ni/c2*15-13(11-7-3-1-4-8-11)14(16)12-9-5-2-6-10-12;/h2*1-10,15-16H;/q;;+2/p-4/b2*14-13-;. The molecule has 0 N–H and O–H groups in total. The smallest absolute Gasteiger partial charge is 0.781 e. The van der Waals surface area contributed by atoms with Crippen LogP contribution in [0.4, 0.5) is 0 Å². The molecule has 0 fully saturated rings. The predicted octanol–water partition coefficient (Wildman–Crippen LogP) is 7.21. The van der Waals surface area contributed by atoms with Crippen LogP contribution in [-0.2, 0) is 67.0 Å². The molecule has 4 aromatic rings. The summed E-state index contributed by atoms with van der Waals surface area (Å²) in [5.74, 6) is 0. The predicted molar refractivity (Wildman–Crippen MR) is 149 cm³/mol. The van der Waals surface area contributed by atoms with Gasteiger partial charge in [0.25, 0.3) is 0 Å². The summed E-state index contributed by atoms with van der Waals surface area (Å²) < 4.78 is 0. The van der Waals surface area contributed by atoms with E-state index in [9.17, 15) is 0 Å². The van der Waals surface area contributed by atoms with Gasteiger partial charge in [-0.15, -0.1) is 0 Å². The van der Waals surface area contributed by atoms with Crippen LogP contribution < -0.4 is 0 Å². The molecule has 0 spiro atoms. The van der Waals surface area contributed by atoms with Crippen LogP contribution in [0.3, 0.4) is 0 Å². The normalized spacial score (nSPS) is 11.6. The van der Waals surface area contributed by atoms with Crippen LogP contribution in [0.1, 0.15) is 22.3 Å². The van der Waals surface area contributed by atoms with Crippen molar-refractivity contribution in [2.24, 2.45) is 0 Å². The zero-order valence-electron chi connectivity index (χ0n) is 17.5. The molecule has 5 heteroatoms. The largest absolute Gasteiger partial charge is 2.00 e. The molecule has 0 aliphatic rings. The van der Waals surface area contributed by atoms with Gasteiger partial charge < -0.3 is 50.5 Å². The third-order valence-electron chi connectivity index (χ3n) is 4.56. The molecule has 0 aliphatic carbocycles. The van der Waals surface area contributed by atoms with Crippen LogP contribution in [0, 0.1) is 0 Å². The minimum absolute atomic E-state index is 0. The minimum atomic E-state index is 0. The van der Waals surface area contributed by atoms with E-state index in [1.807, 2.05) is 121 Å². The molecular weight excluding hydrogens is 523 g/mol. The van der Waals surface area contributed by atoms with Crippen LogP contribution >= 0.6 is 0 Å². The van der Waals surface area contributed by atoms with Gasteiger partial charge in [-0.25, -0.2) is 0 Å². The van der Waals surface area contributed by atoms with Crippen LogP contribution in [0.2, 0.25) is 0 Å². The summed E-state index contributed by atoms with van der Waals surface area (Å²) in [6.07, 6.45) is 0. The Bertz CT molecular complexity index is 982.